The van der Waals surface area contributed by atoms with E-state index in [0.717, 1.165) is 41.9 Å². The summed E-state index contributed by atoms with van der Waals surface area (Å²) in [6, 6.07) is 14.1. The van der Waals surface area contributed by atoms with E-state index >= 15 is 0 Å². The van der Waals surface area contributed by atoms with Crippen molar-refractivity contribution in [2.45, 2.75) is 38.3 Å². The zero-order valence-electron chi connectivity index (χ0n) is 16.5. The fourth-order valence-electron chi connectivity index (χ4n) is 3.73. The van der Waals surface area contributed by atoms with Crippen molar-refractivity contribution in [3.63, 3.8) is 0 Å². The van der Waals surface area contributed by atoms with Gasteiger partial charge in [0.25, 0.3) is 0 Å². The van der Waals surface area contributed by atoms with Gasteiger partial charge in [-0.1, -0.05) is 23.7 Å². The number of oxime groups is 1. The Morgan fingerprint density at radius 3 is 2.69 bits per heavy atom. The topological polar surface area (TPSA) is 51.1 Å². The molecule has 1 amide bonds. The predicted octanol–water partition coefficient (Wildman–Crippen LogP) is 4.16. The lowest BCUT2D eigenvalue weighted by molar-refractivity contribution is -0.140. The van der Waals surface area contributed by atoms with Crippen LogP contribution >= 0.6 is 0 Å². The largest absolute Gasteiger partial charge is 0.497 e. The highest BCUT2D eigenvalue weighted by molar-refractivity contribution is 6.01. The molecule has 1 heterocycles. The van der Waals surface area contributed by atoms with Gasteiger partial charge in [0.15, 0.2) is 6.10 Å². The van der Waals surface area contributed by atoms with Gasteiger partial charge in [0, 0.05) is 18.9 Å². The van der Waals surface area contributed by atoms with Gasteiger partial charge < -0.3 is 14.5 Å². The second-order valence-electron chi connectivity index (χ2n) is 7.67. The van der Waals surface area contributed by atoms with Crippen molar-refractivity contribution < 1.29 is 18.8 Å². The molecule has 2 aromatic carbocycles. The Hall–Kier alpha value is -2.89. The third kappa shape index (κ3) is 4.58. The Bertz CT molecular complexity index is 893. The smallest absolute Gasteiger partial charge is 0.226 e. The zero-order chi connectivity index (χ0) is 20.2. The number of carbonyl (C=O) groups is 1. The van der Waals surface area contributed by atoms with E-state index in [0.29, 0.717) is 19.5 Å². The summed E-state index contributed by atoms with van der Waals surface area (Å²) >= 11 is 0. The van der Waals surface area contributed by atoms with Gasteiger partial charge in [-0.15, -0.1) is 0 Å². The Balaban J connectivity index is 1.42. The first kappa shape index (κ1) is 19.4. The molecule has 0 saturated heterocycles. The van der Waals surface area contributed by atoms with E-state index in [9.17, 15) is 9.18 Å². The maximum Gasteiger partial charge on any atom is 0.226 e. The maximum atomic E-state index is 13.6. The fraction of sp³-hybridized carbons (Fsp3) is 0.391. The van der Waals surface area contributed by atoms with E-state index in [1.54, 1.807) is 18.1 Å². The molecule has 6 heteroatoms. The maximum absolute atomic E-state index is 13.6. The number of amides is 1. The van der Waals surface area contributed by atoms with E-state index in [1.807, 2.05) is 30.3 Å². The van der Waals surface area contributed by atoms with Crippen LogP contribution in [-0.2, 0) is 16.2 Å². The van der Waals surface area contributed by atoms with Gasteiger partial charge in [-0.2, -0.15) is 0 Å². The summed E-state index contributed by atoms with van der Waals surface area (Å²) in [5.41, 5.74) is 2.63. The van der Waals surface area contributed by atoms with E-state index in [1.165, 1.54) is 12.1 Å². The molecule has 0 radical (unpaired) electrons. The van der Waals surface area contributed by atoms with Crippen LogP contribution in [0.5, 0.6) is 5.75 Å². The van der Waals surface area contributed by atoms with Crippen molar-refractivity contribution in [2.75, 3.05) is 13.7 Å². The molecule has 0 aromatic heterocycles. The van der Waals surface area contributed by atoms with Crippen LogP contribution in [0.3, 0.4) is 0 Å². The van der Waals surface area contributed by atoms with Crippen LogP contribution in [0.4, 0.5) is 4.39 Å². The minimum Gasteiger partial charge on any atom is -0.497 e. The number of hydrogen-bond acceptors (Lipinski definition) is 4. The Labute approximate surface area is 170 Å². The summed E-state index contributed by atoms with van der Waals surface area (Å²) in [7, 11) is 1.63. The lowest BCUT2D eigenvalue weighted by Gasteiger charge is -2.32. The van der Waals surface area contributed by atoms with Crippen LogP contribution in [0.2, 0.25) is 0 Å². The monoisotopic (exact) mass is 396 g/mol. The molecule has 152 valence electrons. The lowest BCUT2D eigenvalue weighted by Crippen LogP contribution is -2.42. The van der Waals surface area contributed by atoms with Crippen LogP contribution in [0, 0.1) is 11.7 Å². The van der Waals surface area contributed by atoms with Gasteiger partial charge in [0.05, 0.1) is 19.4 Å². The van der Waals surface area contributed by atoms with E-state index in [2.05, 4.69) is 5.16 Å². The minimum absolute atomic E-state index is 0.0759. The van der Waals surface area contributed by atoms with Crippen LogP contribution in [0.25, 0.3) is 0 Å². The van der Waals surface area contributed by atoms with E-state index in [-0.39, 0.29) is 23.7 Å². The van der Waals surface area contributed by atoms with Crippen LogP contribution in [0.15, 0.2) is 53.7 Å². The summed E-state index contributed by atoms with van der Waals surface area (Å²) in [6.45, 7) is 0.819. The number of nitrogens with zero attached hydrogens (tertiary/aromatic N) is 2. The number of methoxy groups -OCH3 is 1. The first-order valence-electron chi connectivity index (χ1n) is 10.0. The average Bonchev–Trinajstić information content (AvgIpc) is 3.15. The predicted molar refractivity (Wildman–Crippen MR) is 108 cm³/mol. The Morgan fingerprint density at radius 2 is 2.03 bits per heavy atom. The highest BCUT2D eigenvalue weighted by Crippen LogP contribution is 2.30. The van der Waals surface area contributed by atoms with Crippen LogP contribution < -0.4 is 4.74 Å². The SMILES string of the molecule is COc1ccc(C2=NO[C@H](CN(Cc3cccc(F)c3)C(=O)C3CCC3)C2)cc1. The van der Waals surface area contributed by atoms with Gasteiger partial charge in [0.2, 0.25) is 5.91 Å². The summed E-state index contributed by atoms with van der Waals surface area (Å²) < 4.78 is 18.8. The van der Waals surface area contributed by atoms with Gasteiger partial charge in [-0.3, -0.25) is 4.79 Å². The van der Waals surface area contributed by atoms with E-state index < -0.39 is 0 Å². The molecule has 0 bridgehead atoms. The van der Waals surface area contributed by atoms with Gasteiger partial charge in [0.1, 0.15) is 11.6 Å². The molecule has 1 saturated carbocycles. The van der Waals surface area contributed by atoms with Crippen molar-refractivity contribution in [3.8, 4) is 5.75 Å². The molecule has 0 spiro atoms. The molecule has 2 aromatic rings. The summed E-state index contributed by atoms with van der Waals surface area (Å²) in [5.74, 6) is 0.701. The normalized spacial score (nSPS) is 18.6. The minimum atomic E-state index is -0.291. The number of carbonyl (C=O) groups excluding carboxylic acids is 1. The fourth-order valence-corrected chi connectivity index (χ4v) is 3.73. The summed E-state index contributed by atoms with van der Waals surface area (Å²) in [6.07, 6.45) is 3.37. The van der Waals surface area contributed by atoms with E-state index in [4.69, 9.17) is 9.57 Å². The molecule has 1 fully saturated rings. The molecule has 1 aliphatic carbocycles. The molecule has 2 aliphatic rings. The van der Waals surface area contributed by atoms with Crippen molar-refractivity contribution in [2.24, 2.45) is 11.1 Å². The number of rotatable bonds is 7. The lowest BCUT2D eigenvalue weighted by atomic mass is 9.84. The number of benzene rings is 2. The highest BCUT2D eigenvalue weighted by Gasteiger charge is 2.33. The van der Waals surface area contributed by atoms with Gasteiger partial charge in [-0.25, -0.2) is 4.39 Å². The molecule has 5 nitrogen and oxygen atoms in total. The standard InChI is InChI=1S/C23H25FN2O3/c1-28-20-10-8-17(9-11-20)22-13-21(29-25-22)15-26(23(27)18-5-3-6-18)14-16-4-2-7-19(24)12-16/h2,4,7-12,18,21H,3,5-6,13-15H2,1H3/t21-/m0/s1. The summed E-state index contributed by atoms with van der Waals surface area (Å²) in [4.78, 5) is 20.4. The Kier molecular flexibility index (Phi) is 5.79. The number of ether oxygens (including phenoxy) is 1. The molecule has 29 heavy (non-hydrogen) atoms. The molecule has 0 unspecified atom stereocenters. The quantitative estimate of drug-likeness (QED) is 0.706. The van der Waals surface area contributed by atoms with Gasteiger partial charge >= 0.3 is 0 Å². The van der Waals surface area contributed by atoms with Crippen molar-refractivity contribution in [1.29, 1.82) is 0 Å². The first-order chi connectivity index (χ1) is 14.1. The Morgan fingerprint density at radius 1 is 1.24 bits per heavy atom. The third-order valence-corrected chi connectivity index (χ3v) is 5.61. The first-order valence-corrected chi connectivity index (χ1v) is 10.0. The average molecular weight is 396 g/mol. The number of hydrogen-bond donors (Lipinski definition) is 0. The number of halogens is 1. The van der Waals surface area contributed by atoms with Gasteiger partial charge in [-0.05, 0) is 60.4 Å². The molecular formula is C23H25FN2O3. The van der Waals surface area contributed by atoms with Crippen molar-refractivity contribution in [1.82, 2.24) is 4.90 Å². The third-order valence-electron chi connectivity index (χ3n) is 5.61. The van der Waals surface area contributed by atoms with Crippen molar-refractivity contribution in [3.05, 3.63) is 65.5 Å². The molecule has 4 rings (SSSR count). The van der Waals surface area contributed by atoms with Crippen LogP contribution in [0.1, 0.15) is 36.8 Å². The summed E-state index contributed by atoms with van der Waals surface area (Å²) in [5, 5.41) is 4.23. The molecular weight excluding hydrogens is 371 g/mol. The second kappa shape index (κ2) is 8.64. The highest BCUT2D eigenvalue weighted by atomic mass is 19.1. The molecule has 1 aliphatic heterocycles. The van der Waals surface area contributed by atoms with Crippen molar-refractivity contribution >= 4 is 11.6 Å². The zero-order valence-corrected chi connectivity index (χ0v) is 16.5. The molecule has 0 N–H and O–H groups in total. The van der Waals surface area contributed by atoms with Crippen LogP contribution in [-0.4, -0.2) is 36.3 Å². The second-order valence-corrected chi connectivity index (χ2v) is 7.67. The molecule has 1 atom stereocenters.